The number of nitrogens with zero attached hydrogens (tertiary/aromatic N) is 2. The summed E-state index contributed by atoms with van der Waals surface area (Å²) < 4.78 is 0. The van der Waals surface area contributed by atoms with Gasteiger partial charge in [-0.25, -0.2) is 0 Å². The number of carbonyl (C=O) groups excluding carboxylic acids is 1. The van der Waals surface area contributed by atoms with E-state index in [1.165, 1.54) is 0 Å². The van der Waals surface area contributed by atoms with E-state index in [0.717, 1.165) is 18.7 Å². The number of phenolic OH excluding ortho intramolecular Hbond substituents is 1. The van der Waals surface area contributed by atoms with Gasteiger partial charge in [0.1, 0.15) is 5.75 Å². The van der Waals surface area contributed by atoms with Crippen molar-refractivity contribution in [1.29, 1.82) is 0 Å². The van der Waals surface area contributed by atoms with Gasteiger partial charge in [0, 0.05) is 25.2 Å². The maximum Gasteiger partial charge on any atom is 0.239 e. The van der Waals surface area contributed by atoms with E-state index >= 15 is 0 Å². The van der Waals surface area contributed by atoms with E-state index < -0.39 is 6.04 Å². The lowest BCUT2D eigenvalue weighted by Crippen LogP contribution is -2.61. The minimum absolute atomic E-state index is 0.00394. The third-order valence-electron chi connectivity index (χ3n) is 4.34. The SMILES string of the molecule is CN1CCN(C(=O)C(N)Cc2ccc(O)cc2)CC1(C)C. The summed E-state index contributed by atoms with van der Waals surface area (Å²) in [5.74, 6) is 0.226. The second-order valence-corrected chi connectivity index (χ2v) is 6.47. The number of nitrogens with two attached hydrogens (primary N) is 1. The van der Waals surface area contributed by atoms with E-state index in [1.54, 1.807) is 24.3 Å². The van der Waals surface area contributed by atoms with E-state index in [-0.39, 0.29) is 17.2 Å². The zero-order valence-corrected chi connectivity index (χ0v) is 13.0. The number of rotatable bonds is 3. The van der Waals surface area contributed by atoms with Crippen LogP contribution in [0.25, 0.3) is 0 Å². The molecule has 0 radical (unpaired) electrons. The van der Waals surface area contributed by atoms with Crippen LogP contribution in [0, 0.1) is 0 Å². The van der Waals surface area contributed by atoms with Gasteiger partial charge in [0.25, 0.3) is 0 Å². The van der Waals surface area contributed by atoms with E-state index in [1.807, 2.05) is 4.90 Å². The Kier molecular flexibility index (Phi) is 4.54. The minimum atomic E-state index is -0.534. The van der Waals surface area contributed by atoms with Crippen molar-refractivity contribution in [2.45, 2.75) is 31.8 Å². The molecule has 1 amide bonds. The highest BCUT2D eigenvalue weighted by molar-refractivity contribution is 5.82. The molecule has 0 saturated carbocycles. The van der Waals surface area contributed by atoms with Crippen molar-refractivity contribution in [1.82, 2.24) is 9.80 Å². The van der Waals surface area contributed by atoms with E-state index in [9.17, 15) is 9.90 Å². The molecule has 1 saturated heterocycles. The normalized spacial score (nSPS) is 20.3. The van der Waals surface area contributed by atoms with Crippen LogP contribution in [0.15, 0.2) is 24.3 Å². The molecule has 1 aliphatic heterocycles. The zero-order chi connectivity index (χ0) is 15.6. The number of carbonyl (C=O) groups is 1. The molecular weight excluding hydrogens is 266 g/mol. The van der Waals surface area contributed by atoms with Crippen LogP contribution in [-0.2, 0) is 11.2 Å². The molecule has 5 heteroatoms. The highest BCUT2D eigenvalue weighted by Gasteiger charge is 2.34. The van der Waals surface area contributed by atoms with Gasteiger partial charge in [-0.2, -0.15) is 0 Å². The fraction of sp³-hybridized carbons (Fsp3) is 0.562. The zero-order valence-electron chi connectivity index (χ0n) is 13.0. The summed E-state index contributed by atoms with van der Waals surface area (Å²) in [6, 6.07) is 6.30. The molecule has 5 nitrogen and oxygen atoms in total. The summed E-state index contributed by atoms with van der Waals surface area (Å²) in [4.78, 5) is 16.6. The molecule has 21 heavy (non-hydrogen) atoms. The van der Waals surface area contributed by atoms with Crippen molar-refractivity contribution in [2.24, 2.45) is 5.73 Å². The van der Waals surface area contributed by atoms with E-state index in [0.29, 0.717) is 13.0 Å². The number of hydrogen-bond acceptors (Lipinski definition) is 4. The second kappa shape index (κ2) is 6.03. The van der Waals surface area contributed by atoms with Crippen LogP contribution in [0.5, 0.6) is 5.75 Å². The maximum atomic E-state index is 12.5. The highest BCUT2D eigenvalue weighted by Crippen LogP contribution is 2.20. The molecule has 1 aromatic rings. The van der Waals surface area contributed by atoms with Gasteiger partial charge in [0.15, 0.2) is 0 Å². The molecule has 0 aliphatic carbocycles. The van der Waals surface area contributed by atoms with Gasteiger partial charge in [0.2, 0.25) is 5.91 Å². The Bertz CT molecular complexity index is 499. The summed E-state index contributed by atoms with van der Waals surface area (Å²) in [6.07, 6.45) is 0.492. The lowest BCUT2D eigenvalue weighted by molar-refractivity contribution is -0.137. The Labute approximate surface area is 126 Å². The molecule has 0 bridgehead atoms. The molecule has 3 N–H and O–H groups in total. The number of aromatic hydroxyl groups is 1. The first-order chi connectivity index (χ1) is 9.79. The van der Waals surface area contributed by atoms with Crippen molar-refractivity contribution in [2.75, 3.05) is 26.7 Å². The number of phenols is 1. The van der Waals surface area contributed by atoms with Crippen LogP contribution < -0.4 is 5.73 Å². The largest absolute Gasteiger partial charge is 0.508 e. The lowest BCUT2D eigenvalue weighted by Gasteiger charge is -2.45. The molecule has 1 fully saturated rings. The highest BCUT2D eigenvalue weighted by atomic mass is 16.3. The van der Waals surface area contributed by atoms with Gasteiger partial charge in [-0.05, 0) is 45.0 Å². The number of hydrogen-bond donors (Lipinski definition) is 2. The fourth-order valence-corrected chi connectivity index (χ4v) is 2.64. The van der Waals surface area contributed by atoms with Gasteiger partial charge in [-0.1, -0.05) is 12.1 Å². The average molecular weight is 291 g/mol. The number of benzene rings is 1. The summed E-state index contributed by atoms with van der Waals surface area (Å²) in [7, 11) is 2.08. The first-order valence-corrected chi connectivity index (χ1v) is 7.33. The molecule has 116 valence electrons. The van der Waals surface area contributed by atoms with Crippen LogP contribution >= 0.6 is 0 Å². The Balaban J connectivity index is 1.98. The van der Waals surface area contributed by atoms with E-state index in [2.05, 4.69) is 25.8 Å². The monoisotopic (exact) mass is 291 g/mol. The molecule has 1 heterocycles. The lowest BCUT2D eigenvalue weighted by atomic mass is 9.98. The summed E-state index contributed by atoms with van der Waals surface area (Å²) in [6.45, 7) is 6.56. The van der Waals surface area contributed by atoms with Crippen molar-refractivity contribution >= 4 is 5.91 Å². The number of likely N-dealkylation sites (N-methyl/N-ethyl adjacent to an activating group) is 1. The van der Waals surface area contributed by atoms with Crippen LogP contribution in [0.1, 0.15) is 19.4 Å². The third kappa shape index (κ3) is 3.74. The van der Waals surface area contributed by atoms with Crippen molar-refractivity contribution in [3.8, 4) is 5.75 Å². The van der Waals surface area contributed by atoms with Crippen molar-refractivity contribution in [3.63, 3.8) is 0 Å². The standard InChI is InChI=1S/C16H25N3O2/c1-16(2)11-19(9-8-18(16)3)15(21)14(17)10-12-4-6-13(20)7-5-12/h4-7,14,20H,8-11,17H2,1-3H3. The predicted octanol–water partition coefficient (Wildman–Crippen LogP) is 0.815. The first-order valence-electron chi connectivity index (χ1n) is 7.33. The molecule has 1 atom stereocenters. The molecule has 1 aliphatic rings. The Morgan fingerprint density at radius 1 is 1.33 bits per heavy atom. The fourth-order valence-electron chi connectivity index (χ4n) is 2.64. The second-order valence-electron chi connectivity index (χ2n) is 6.47. The molecular formula is C16H25N3O2. The van der Waals surface area contributed by atoms with Crippen molar-refractivity contribution in [3.05, 3.63) is 29.8 Å². The van der Waals surface area contributed by atoms with Crippen LogP contribution in [0.3, 0.4) is 0 Å². The van der Waals surface area contributed by atoms with Gasteiger partial charge in [-0.15, -0.1) is 0 Å². The van der Waals surface area contributed by atoms with Crippen LogP contribution in [0.2, 0.25) is 0 Å². The molecule has 0 aromatic heterocycles. The van der Waals surface area contributed by atoms with Gasteiger partial charge in [-0.3, -0.25) is 9.69 Å². The van der Waals surface area contributed by atoms with Crippen LogP contribution in [-0.4, -0.2) is 59.1 Å². The predicted molar refractivity (Wildman–Crippen MR) is 83.1 cm³/mol. The van der Waals surface area contributed by atoms with Crippen LogP contribution in [0.4, 0.5) is 0 Å². The topological polar surface area (TPSA) is 69.8 Å². The Morgan fingerprint density at radius 2 is 1.95 bits per heavy atom. The molecule has 1 aromatic carbocycles. The van der Waals surface area contributed by atoms with E-state index in [4.69, 9.17) is 5.73 Å². The first kappa shape index (κ1) is 15.8. The third-order valence-corrected chi connectivity index (χ3v) is 4.34. The summed E-state index contributed by atoms with van der Waals surface area (Å²) in [5.41, 5.74) is 7.01. The summed E-state index contributed by atoms with van der Waals surface area (Å²) >= 11 is 0. The molecule has 1 unspecified atom stereocenters. The Hall–Kier alpha value is -1.59. The Morgan fingerprint density at radius 3 is 2.52 bits per heavy atom. The van der Waals surface area contributed by atoms with Gasteiger partial charge < -0.3 is 15.7 Å². The van der Waals surface area contributed by atoms with Crippen molar-refractivity contribution < 1.29 is 9.90 Å². The molecule has 2 rings (SSSR count). The van der Waals surface area contributed by atoms with Gasteiger partial charge in [0.05, 0.1) is 6.04 Å². The number of amides is 1. The number of piperazine rings is 1. The van der Waals surface area contributed by atoms with Gasteiger partial charge >= 0.3 is 0 Å². The smallest absolute Gasteiger partial charge is 0.239 e. The average Bonchev–Trinajstić information content (AvgIpc) is 2.43. The molecule has 0 spiro atoms. The summed E-state index contributed by atoms with van der Waals surface area (Å²) in [5, 5.41) is 9.28. The minimum Gasteiger partial charge on any atom is -0.508 e. The quantitative estimate of drug-likeness (QED) is 0.865. The maximum absolute atomic E-state index is 12.5.